The highest BCUT2D eigenvalue weighted by atomic mass is 35.5. The number of anilines is 1. The molecule has 0 heterocycles. The largest absolute Gasteiger partial charge is 0.355 e. The van der Waals surface area contributed by atoms with E-state index in [0.29, 0.717) is 16.3 Å². The van der Waals surface area contributed by atoms with E-state index in [0.717, 1.165) is 19.3 Å². The summed E-state index contributed by atoms with van der Waals surface area (Å²) in [5.74, 6) is -0.380. The van der Waals surface area contributed by atoms with Crippen LogP contribution in [0, 0.1) is 5.41 Å². The van der Waals surface area contributed by atoms with Crippen molar-refractivity contribution in [3.05, 3.63) is 28.8 Å². The van der Waals surface area contributed by atoms with E-state index in [9.17, 15) is 9.59 Å². The third-order valence-corrected chi connectivity index (χ3v) is 4.58. The first kappa shape index (κ1) is 15.8. The van der Waals surface area contributed by atoms with Crippen molar-refractivity contribution in [3.8, 4) is 0 Å². The smallest absolute Gasteiger partial charge is 0.251 e. The molecule has 1 aliphatic rings. The Hall–Kier alpha value is -1.59. The van der Waals surface area contributed by atoms with Gasteiger partial charge in [-0.25, -0.2) is 0 Å². The maximum atomic E-state index is 12.5. The van der Waals surface area contributed by atoms with Crippen molar-refractivity contribution < 1.29 is 9.59 Å². The Morgan fingerprint density at radius 3 is 2.71 bits per heavy atom. The molecule has 1 aromatic carbocycles. The third-order valence-electron chi connectivity index (χ3n) is 4.25. The summed E-state index contributed by atoms with van der Waals surface area (Å²) in [7, 11) is 1.55. The first-order chi connectivity index (χ1) is 9.88. The maximum Gasteiger partial charge on any atom is 0.251 e. The van der Waals surface area contributed by atoms with Crippen molar-refractivity contribution in [3.63, 3.8) is 0 Å². The van der Waals surface area contributed by atoms with Gasteiger partial charge in [0.2, 0.25) is 5.91 Å². The standard InChI is InChI=1S/C15H20ClN3O2/c1-15(7-3-4-12(15)17)14(21)19-11-8-9(13(20)18-2)5-6-10(11)16/h5-6,8,12H,3-4,7,17H2,1-2H3,(H,18,20)(H,19,21). The van der Waals surface area contributed by atoms with Crippen LogP contribution < -0.4 is 16.4 Å². The molecule has 1 aliphatic carbocycles. The van der Waals surface area contributed by atoms with Crippen LogP contribution in [0.2, 0.25) is 5.02 Å². The van der Waals surface area contributed by atoms with Gasteiger partial charge in [-0.05, 0) is 38.0 Å². The lowest BCUT2D eigenvalue weighted by Gasteiger charge is -2.27. The Morgan fingerprint density at radius 2 is 2.14 bits per heavy atom. The Morgan fingerprint density at radius 1 is 1.43 bits per heavy atom. The quantitative estimate of drug-likeness (QED) is 0.800. The van der Waals surface area contributed by atoms with Crippen LogP contribution in [-0.2, 0) is 4.79 Å². The maximum absolute atomic E-state index is 12.5. The molecule has 0 saturated heterocycles. The van der Waals surface area contributed by atoms with E-state index in [2.05, 4.69) is 10.6 Å². The highest BCUT2D eigenvalue weighted by Crippen LogP contribution is 2.38. The van der Waals surface area contributed by atoms with E-state index in [1.54, 1.807) is 25.2 Å². The number of amides is 2. The number of rotatable bonds is 3. The molecule has 1 fully saturated rings. The number of carbonyl (C=O) groups is 2. The van der Waals surface area contributed by atoms with Crippen LogP contribution in [0.15, 0.2) is 18.2 Å². The first-order valence-corrected chi connectivity index (χ1v) is 7.35. The number of nitrogens with two attached hydrogens (primary N) is 1. The molecule has 0 bridgehead atoms. The Labute approximate surface area is 129 Å². The number of hydrogen-bond acceptors (Lipinski definition) is 3. The van der Waals surface area contributed by atoms with E-state index in [-0.39, 0.29) is 17.9 Å². The van der Waals surface area contributed by atoms with Crippen LogP contribution in [0.4, 0.5) is 5.69 Å². The molecule has 4 N–H and O–H groups in total. The second-order valence-electron chi connectivity index (χ2n) is 5.64. The van der Waals surface area contributed by atoms with Gasteiger partial charge in [-0.3, -0.25) is 9.59 Å². The lowest BCUT2D eigenvalue weighted by molar-refractivity contribution is -0.125. The summed E-state index contributed by atoms with van der Waals surface area (Å²) >= 11 is 6.10. The summed E-state index contributed by atoms with van der Waals surface area (Å²) in [6.07, 6.45) is 2.54. The zero-order chi connectivity index (χ0) is 15.6. The molecule has 2 unspecified atom stereocenters. The molecule has 6 heteroatoms. The molecule has 1 aromatic rings. The molecule has 0 radical (unpaired) electrons. The summed E-state index contributed by atoms with van der Waals surface area (Å²) in [6, 6.07) is 4.62. The normalized spacial score (nSPS) is 24.7. The number of halogens is 1. The molecule has 1 saturated carbocycles. The molecule has 2 atom stereocenters. The number of hydrogen-bond donors (Lipinski definition) is 3. The van der Waals surface area contributed by atoms with Crippen molar-refractivity contribution in [2.45, 2.75) is 32.2 Å². The minimum absolute atomic E-state index is 0.150. The van der Waals surface area contributed by atoms with E-state index in [1.807, 2.05) is 6.92 Å². The summed E-state index contributed by atoms with van der Waals surface area (Å²) in [4.78, 5) is 24.1. The fraction of sp³-hybridized carbons (Fsp3) is 0.467. The summed E-state index contributed by atoms with van der Waals surface area (Å²) in [5.41, 5.74) is 6.33. The highest BCUT2D eigenvalue weighted by molar-refractivity contribution is 6.34. The zero-order valence-corrected chi connectivity index (χ0v) is 13.0. The number of nitrogens with one attached hydrogen (secondary N) is 2. The zero-order valence-electron chi connectivity index (χ0n) is 12.2. The predicted molar refractivity (Wildman–Crippen MR) is 83.4 cm³/mol. The van der Waals surface area contributed by atoms with Crippen molar-refractivity contribution in [1.82, 2.24) is 5.32 Å². The molecule has 0 aromatic heterocycles. The van der Waals surface area contributed by atoms with Gasteiger partial charge in [0.05, 0.1) is 16.1 Å². The molecule has 114 valence electrons. The van der Waals surface area contributed by atoms with Crippen LogP contribution >= 0.6 is 11.6 Å². The molecule has 21 heavy (non-hydrogen) atoms. The van der Waals surface area contributed by atoms with Crippen molar-refractivity contribution in [2.75, 3.05) is 12.4 Å². The monoisotopic (exact) mass is 309 g/mol. The molecule has 0 spiro atoms. The molecule has 2 rings (SSSR count). The second kappa shape index (κ2) is 6.03. The minimum Gasteiger partial charge on any atom is -0.355 e. The summed E-state index contributed by atoms with van der Waals surface area (Å²) in [5, 5.41) is 5.74. The van der Waals surface area contributed by atoms with Crippen LogP contribution in [-0.4, -0.2) is 24.9 Å². The van der Waals surface area contributed by atoms with Gasteiger partial charge < -0.3 is 16.4 Å². The summed E-state index contributed by atoms with van der Waals surface area (Å²) < 4.78 is 0. The third kappa shape index (κ3) is 3.04. The fourth-order valence-electron chi connectivity index (χ4n) is 2.65. The predicted octanol–water partition coefficient (Wildman–Crippen LogP) is 2.16. The first-order valence-electron chi connectivity index (χ1n) is 6.97. The molecular weight excluding hydrogens is 290 g/mol. The molecule has 0 aliphatic heterocycles. The van der Waals surface area contributed by atoms with Crippen molar-refractivity contribution in [2.24, 2.45) is 11.1 Å². The van der Waals surface area contributed by atoms with Crippen LogP contribution in [0.5, 0.6) is 0 Å². The van der Waals surface area contributed by atoms with Crippen molar-refractivity contribution >= 4 is 29.1 Å². The van der Waals surface area contributed by atoms with Gasteiger partial charge in [-0.1, -0.05) is 18.0 Å². The van der Waals surface area contributed by atoms with Gasteiger partial charge >= 0.3 is 0 Å². The molecule has 2 amide bonds. The average molecular weight is 310 g/mol. The lowest BCUT2D eigenvalue weighted by Crippen LogP contribution is -2.44. The van der Waals surface area contributed by atoms with Gasteiger partial charge in [0.1, 0.15) is 0 Å². The van der Waals surface area contributed by atoms with Crippen LogP contribution in [0.1, 0.15) is 36.5 Å². The van der Waals surface area contributed by atoms with E-state index in [4.69, 9.17) is 17.3 Å². The second-order valence-corrected chi connectivity index (χ2v) is 6.05. The van der Waals surface area contributed by atoms with Gasteiger partial charge in [0.15, 0.2) is 0 Å². The Bertz CT molecular complexity index is 576. The molecular formula is C15H20ClN3O2. The SMILES string of the molecule is CNC(=O)c1ccc(Cl)c(NC(=O)C2(C)CCCC2N)c1. The Kier molecular flexibility index (Phi) is 4.54. The van der Waals surface area contributed by atoms with Gasteiger partial charge in [0.25, 0.3) is 5.91 Å². The Balaban J connectivity index is 2.23. The highest BCUT2D eigenvalue weighted by Gasteiger charge is 2.43. The number of carbonyl (C=O) groups excluding carboxylic acids is 2. The summed E-state index contributed by atoms with van der Waals surface area (Å²) in [6.45, 7) is 1.87. The number of benzene rings is 1. The van der Waals surface area contributed by atoms with Gasteiger partial charge in [-0.15, -0.1) is 0 Å². The van der Waals surface area contributed by atoms with Gasteiger partial charge in [-0.2, -0.15) is 0 Å². The van der Waals surface area contributed by atoms with Crippen molar-refractivity contribution in [1.29, 1.82) is 0 Å². The lowest BCUT2D eigenvalue weighted by atomic mass is 9.84. The van der Waals surface area contributed by atoms with E-state index in [1.165, 1.54) is 0 Å². The topological polar surface area (TPSA) is 84.2 Å². The fourth-order valence-corrected chi connectivity index (χ4v) is 2.81. The van der Waals surface area contributed by atoms with Crippen LogP contribution in [0.25, 0.3) is 0 Å². The van der Waals surface area contributed by atoms with Crippen LogP contribution in [0.3, 0.4) is 0 Å². The molecule has 5 nitrogen and oxygen atoms in total. The average Bonchev–Trinajstić information content (AvgIpc) is 2.81. The van der Waals surface area contributed by atoms with E-state index < -0.39 is 5.41 Å². The van der Waals surface area contributed by atoms with Gasteiger partial charge in [0, 0.05) is 18.7 Å². The minimum atomic E-state index is -0.591. The van der Waals surface area contributed by atoms with E-state index >= 15 is 0 Å².